The molecule has 1 aromatic rings. The molecule has 7 nitrogen and oxygen atoms in total. The maximum Gasteiger partial charge on any atom is 0.325 e. The molecule has 1 saturated heterocycles. The second-order valence-electron chi connectivity index (χ2n) is 4.48. The minimum Gasteiger partial charge on any atom is -0.338 e. The molecule has 0 aliphatic carbocycles. The molecule has 1 unspecified atom stereocenters. The van der Waals surface area contributed by atoms with Crippen molar-refractivity contribution >= 4 is 5.91 Å². The van der Waals surface area contributed by atoms with Crippen molar-refractivity contribution in [2.24, 2.45) is 11.7 Å². The predicted octanol–water partition coefficient (Wildman–Crippen LogP) is -1.13. The number of aromatic nitrogens is 2. The summed E-state index contributed by atoms with van der Waals surface area (Å²) in [5, 5.41) is 0. The maximum absolute atomic E-state index is 12.1. The highest BCUT2D eigenvalue weighted by Crippen LogP contribution is 2.16. The van der Waals surface area contributed by atoms with Gasteiger partial charge in [0.05, 0.1) is 0 Å². The van der Waals surface area contributed by atoms with Crippen LogP contribution in [0.4, 0.5) is 0 Å². The van der Waals surface area contributed by atoms with Crippen molar-refractivity contribution in [3.63, 3.8) is 0 Å². The highest BCUT2D eigenvalue weighted by molar-refractivity contribution is 5.93. The van der Waals surface area contributed by atoms with Crippen LogP contribution < -0.4 is 17.0 Å². The van der Waals surface area contributed by atoms with Gasteiger partial charge < -0.3 is 15.6 Å². The molecule has 1 atom stereocenters. The zero-order valence-electron chi connectivity index (χ0n) is 9.94. The van der Waals surface area contributed by atoms with Crippen LogP contribution >= 0.6 is 0 Å². The fourth-order valence-electron chi connectivity index (χ4n) is 2.18. The first-order valence-electron chi connectivity index (χ1n) is 5.93. The molecule has 4 N–H and O–H groups in total. The topological polar surface area (TPSA) is 112 Å². The van der Waals surface area contributed by atoms with E-state index in [0.717, 1.165) is 19.0 Å². The van der Waals surface area contributed by atoms with Crippen molar-refractivity contribution in [1.29, 1.82) is 0 Å². The van der Waals surface area contributed by atoms with Crippen molar-refractivity contribution in [2.45, 2.75) is 12.8 Å². The number of aromatic amines is 2. The van der Waals surface area contributed by atoms with Crippen LogP contribution in [0.15, 0.2) is 15.8 Å². The van der Waals surface area contributed by atoms with Crippen LogP contribution in [0.25, 0.3) is 0 Å². The zero-order valence-corrected chi connectivity index (χ0v) is 9.94. The summed E-state index contributed by atoms with van der Waals surface area (Å²) in [6, 6.07) is 0. The Bertz CT molecular complexity index is 548. The molecule has 0 saturated carbocycles. The minimum absolute atomic E-state index is 0.0349. The summed E-state index contributed by atoms with van der Waals surface area (Å²) in [6.45, 7) is 1.72. The number of piperidine rings is 1. The number of H-pyrrole nitrogens is 2. The van der Waals surface area contributed by atoms with Crippen molar-refractivity contribution in [2.75, 3.05) is 19.6 Å². The van der Waals surface area contributed by atoms with E-state index in [0.29, 0.717) is 19.6 Å². The second-order valence-corrected chi connectivity index (χ2v) is 4.48. The van der Waals surface area contributed by atoms with Crippen LogP contribution in [-0.2, 0) is 0 Å². The van der Waals surface area contributed by atoms with Crippen LogP contribution in [0.1, 0.15) is 23.2 Å². The van der Waals surface area contributed by atoms with Gasteiger partial charge in [-0.2, -0.15) is 0 Å². The van der Waals surface area contributed by atoms with Gasteiger partial charge in [-0.05, 0) is 25.3 Å². The number of hydrogen-bond acceptors (Lipinski definition) is 4. The molecule has 7 heteroatoms. The third-order valence-corrected chi connectivity index (χ3v) is 3.19. The van der Waals surface area contributed by atoms with Crippen molar-refractivity contribution < 1.29 is 4.79 Å². The largest absolute Gasteiger partial charge is 0.338 e. The molecule has 2 heterocycles. The van der Waals surface area contributed by atoms with Crippen LogP contribution in [-0.4, -0.2) is 40.4 Å². The maximum atomic E-state index is 12.1. The fourth-order valence-corrected chi connectivity index (χ4v) is 2.18. The highest BCUT2D eigenvalue weighted by Gasteiger charge is 2.25. The molecule has 2 rings (SSSR count). The molecule has 1 fully saturated rings. The van der Waals surface area contributed by atoms with Gasteiger partial charge >= 0.3 is 5.69 Å². The van der Waals surface area contributed by atoms with Gasteiger partial charge in [0.15, 0.2) is 0 Å². The van der Waals surface area contributed by atoms with E-state index in [1.165, 1.54) is 0 Å². The Morgan fingerprint density at radius 1 is 1.50 bits per heavy atom. The number of hydrogen-bond donors (Lipinski definition) is 3. The zero-order chi connectivity index (χ0) is 13.1. The monoisotopic (exact) mass is 252 g/mol. The Kier molecular flexibility index (Phi) is 3.61. The standard InChI is InChI=1S/C11H16N4O3/c12-4-7-2-1-3-15(6-7)10(17)8-5-13-11(18)14-9(8)16/h5,7H,1-4,6,12H2,(H2,13,14,16,18). The number of likely N-dealkylation sites (tertiary alicyclic amines) is 1. The van der Waals surface area contributed by atoms with Gasteiger partial charge in [0, 0.05) is 19.3 Å². The first-order valence-corrected chi connectivity index (χ1v) is 5.93. The SMILES string of the molecule is NCC1CCCN(C(=O)c2c[nH]c(=O)[nH]c2=O)C1. The van der Waals surface area contributed by atoms with Crippen molar-refractivity contribution in [3.05, 3.63) is 32.6 Å². The number of rotatable bonds is 2. The van der Waals surface area contributed by atoms with E-state index < -0.39 is 11.2 Å². The van der Waals surface area contributed by atoms with Gasteiger partial charge in [-0.3, -0.25) is 14.6 Å². The van der Waals surface area contributed by atoms with E-state index >= 15 is 0 Å². The lowest BCUT2D eigenvalue weighted by Crippen LogP contribution is -2.44. The number of carbonyl (C=O) groups excluding carboxylic acids is 1. The molecule has 1 aliphatic heterocycles. The molecule has 0 radical (unpaired) electrons. The molecular weight excluding hydrogens is 236 g/mol. The molecular formula is C11H16N4O3. The lowest BCUT2D eigenvalue weighted by atomic mass is 9.98. The Morgan fingerprint density at radius 2 is 2.28 bits per heavy atom. The van der Waals surface area contributed by atoms with Gasteiger partial charge in [-0.1, -0.05) is 0 Å². The van der Waals surface area contributed by atoms with Crippen LogP contribution in [0.2, 0.25) is 0 Å². The van der Waals surface area contributed by atoms with E-state index in [2.05, 4.69) is 4.98 Å². The molecule has 0 spiro atoms. The van der Waals surface area contributed by atoms with Gasteiger partial charge in [0.1, 0.15) is 5.56 Å². The van der Waals surface area contributed by atoms with Crippen molar-refractivity contribution in [1.82, 2.24) is 14.9 Å². The van der Waals surface area contributed by atoms with Crippen molar-refractivity contribution in [3.8, 4) is 0 Å². The highest BCUT2D eigenvalue weighted by atomic mass is 16.2. The molecule has 1 aromatic heterocycles. The smallest absolute Gasteiger partial charge is 0.325 e. The van der Waals surface area contributed by atoms with Crippen LogP contribution in [0, 0.1) is 5.92 Å². The van der Waals surface area contributed by atoms with E-state index in [-0.39, 0.29) is 17.4 Å². The molecule has 18 heavy (non-hydrogen) atoms. The summed E-state index contributed by atoms with van der Waals surface area (Å²) >= 11 is 0. The quantitative estimate of drug-likeness (QED) is 0.618. The summed E-state index contributed by atoms with van der Waals surface area (Å²) < 4.78 is 0. The van der Waals surface area contributed by atoms with E-state index in [4.69, 9.17) is 5.73 Å². The normalized spacial score (nSPS) is 19.8. The average molecular weight is 252 g/mol. The number of carbonyl (C=O) groups is 1. The third-order valence-electron chi connectivity index (χ3n) is 3.19. The Labute approximate surface area is 103 Å². The Balaban J connectivity index is 2.20. The average Bonchev–Trinajstić information content (AvgIpc) is 2.38. The summed E-state index contributed by atoms with van der Waals surface area (Å²) in [5.74, 6) is -0.0739. The molecule has 1 amide bonds. The van der Waals surface area contributed by atoms with E-state index in [9.17, 15) is 14.4 Å². The van der Waals surface area contributed by atoms with E-state index in [1.54, 1.807) is 4.90 Å². The van der Waals surface area contributed by atoms with Crippen LogP contribution in [0.5, 0.6) is 0 Å². The molecule has 98 valence electrons. The van der Waals surface area contributed by atoms with Gasteiger partial charge in [0.2, 0.25) is 0 Å². The summed E-state index contributed by atoms with van der Waals surface area (Å²) in [7, 11) is 0. The molecule has 1 aliphatic rings. The number of nitrogens with zero attached hydrogens (tertiary/aromatic N) is 1. The first kappa shape index (κ1) is 12.6. The minimum atomic E-state index is -0.654. The molecule has 0 aromatic carbocycles. The summed E-state index contributed by atoms with van der Waals surface area (Å²) in [4.78, 5) is 40.5. The Morgan fingerprint density at radius 3 is 2.94 bits per heavy atom. The number of nitrogens with two attached hydrogens (primary N) is 1. The number of amides is 1. The first-order chi connectivity index (χ1) is 8.61. The van der Waals surface area contributed by atoms with Gasteiger partial charge in [0.25, 0.3) is 11.5 Å². The number of nitrogens with one attached hydrogen (secondary N) is 2. The fraction of sp³-hybridized carbons (Fsp3) is 0.545. The third kappa shape index (κ3) is 2.51. The second kappa shape index (κ2) is 5.18. The Hall–Kier alpha value is -1.89. The lowest BCUT2D eigenvalue weighted by Gasteiger charge is -2.31. The van der Waals surface area contributed by atoms with E-state index in [1.807, 2.05) is 4.98 Å². The lowest BCUT2D eigenvalue weighted by molar-refractivity contribution is 0.0675. The molecule has 0 bridgehead atoms. The summed E-state index contributed by atoms with van der Waals surface area (Å²) in [6.07, 6.45) is 3.05. The van der Waals surface area contributed by atoms with Gasteiger partial charge in [-0.15, -0.1) is 0 Å². The van der Waals surface area contributed by atoms with Gasteiger partial charge in [-0.25, -0.2) is 4.79 Å². The summed E-state index contributed by atoms with van der Waals surface area (Å²) in [5.41, 5.74) is 4.30. The predicted molar refractivity (Wildman–Crippen MR) is 65.4 cm³/mol. The van der Waals surface area contributed by atoms with Crippen LogP contribution in [0.3, 0.4) is 0 Å².